The van der Waals surface area contributed by atoms with Crippen molar-refractivity contribution in [1.29, 1.82) is 0 Å². The zero-order valence-electron chi connectivity index (χ0n) is 18.2. The number of hydrogen-bond donors (Lipinski definition) is 1. The summed E-state index contributed by atoms with van der Waals surface area (Å²) in [7, 11) is 1.61. The Morgan fingerprint density at radius 3 is 2.44 bits per heavy atom. The monoisotopic (exact) mass is 456 g/mol. The second-order valence-corrected chi connectivity index (χ2v) is 7.52. The van der Waals surface area contributed by atoms with Gasteiger partial charge in [-0.15, -0.1) is 0 Å². The van der Waals surface area contributed by atoms with Crippen molar-refractivity contribution in [2.24, 2.45) is 0 Å². The number of carbonyl (C=O) groups excluding carboxylic acids is 1. The van der Waals surface area contributed by atoms with Crippen LogP contribution in [-0.4, -0.2) is 30.8 Å². The molecule has 0 atom stereocenters. The molecule has 0 radical (unpaired) electrons. The van der Waals surface area contributed by atoms with E-state index in [9.17, 15) is 9.59 Å². The van der Waals surface area contributed by atoms with Gasteiger partial charge in [-0.1, -0.05) is 17.7 Å². The van der Waals surface area contributed by atoms with E-state index in [1.165, 1.54) is 6.07 Å². The number of pyridine rings is 1. The first kappa shape index (κ1) is 23.2. The first-order chi connectivity index (χ1) is 15.4. The van der Waals surface area contributed by atoms with E-state index in [2.05, 4.69) is 5.32 Å². The number of methoxy groups -OCH3 is 1. The number of carbonyl (C=O) groups is 1. The summed E-state index contributed by atoms with van der Waals surface area (Å²) in [5.74, 6) is 1.22. The molecule has 168 valence electrons. The smallest absolute Gasteiger partial charge is 0.262 e. The predicted octanol–water partition coefficient (Wildman–Crippen LogP) is 4.22. The van der Waals surface area contributed by atoms with Gasteiger partial charge in [0, 0.05) is 23.0 Å². The largest absolute Gasteiger partial charge is 0.497 e. The number of aromatic nitrogens is 1. The second-order valence-electron chi connectivity index (χ2n) is 7.11. The van der Waals surface area contributed by atoms with Gasteiger partial charge in [0.25, 0.3) is 5.91 Å². The average molecular weight is 457 g/mol. The van der Waals surface area contributed by atoms with Crippen LogP contribution in [-0.2, 0) is 11.3 Å². The van der Waals surface area contributed by atoms with E-state index in [-0.39, 0.29) is 23.7 Å². The van der Waals surface area contributed by atoms with Crippen LogP contribution in [0.25, 0.3) is 0 Å². The molecule has 1 N–H and O–H groups in total. The average Bonchev–Trinajstić information content (AvgIpc) is 2.78. The first-order valence-corrected chi connectivity index (χ1v) is 10.4. The number of nitrogens with zero attached hydrogens (tertiary/aromatic N) is 1. The summed E-state index contributed by atoms with van der Waals surface area (Å²) in [6, 6.07) is 13.9. The molecule has 8 heteroatoms. The van der Waals surface area contributed by atoms with Crippen LogP contribution in [0.15, 0.2) is 59.5 Å². The number of rotatable bonds is 9. The van der Waals surface area contributed by atoms with Gasteiger partial charge in [-0.3, -0.25) is 9.59 Å². The molecule has 0 saturated heterocycles. The number of nitrogens with one attached hydrogen (secondary N) is 1. The Balaban J connectivity index is 1.58. The standard InChI is InChI=1S/C24H25ClN2O5/c1-16-4-5-18(14-21(16)25)26-23(29)15-32-24-17(2)27(11-10-22(24)28)12-13-31-20-8-6-19(30-3)7-9-20/h4-11,14H,12-13,15H2,1-3H3,(H,26,29). The molecule has 1 heterocycles. The maximum atomic E-state index is 12.3. The normalized spacial score (nSPS) is 10.5. The summed E-state index contributed by atoms with van der Waals surface area (Å²) in [6.07, 6.45) is 1.68. The molecule has 3 aromatic rings. The fourth-order valence-electron chi connectivity index (χ4n) is 3.01. The van der Waals surface area contributed by atoms with Crippen LogP contribution in [0.2, 0.25) is 5.02 Å². The Morgan fingerprint density at radius 2 is 1.75 bits per heavy atom. The van der Waals surface area contributed by atoms with Gasteiger partial charge in [0.15, 0.2) is 12.4 Å². The molecule has 32 heavy (non-hydrogen) atoms. The molecule has 1 amide bonds. The number of benzene rings is 2. The number of hydrogen-bond acceptors (Lipinski definition) is 5. The van der Waals surface area contributed by atoms with E-state index >= 15 is 0 Å². The highest BCUT2D eigenvalue weighted by atomic mass is 35.5. The lowest BCUT2D eigenvalue weighted by Gasteiger charge is -2.15. The molecule has 0 saturated carbocycles. The zero-order chi connectivity index (χ0) is 23.1. The van der Waals surface area contributed by atoms with Crippen LogP contribution in [0.1, 0.15) is 11.3 Å². The van der Waals surface area contributed by atoms with Crippen molar-refractivity contribution in [3.63, 3.8) is 0 Å². The van der Waals surface area contributed by atoms with Crippen molar-refractivity contribution in [3.8, 4) is 17.2 Å². The maximum Gasteiger partial charge on any atom is 0.262 e. The van der Waals surface area contributed by atoms with Crippen LogP contribution in [0, 0.1) is 13.8 Å². The van der Waals surface area contributed by atoms with Crippen molar-refractivity contribution in [2.75, 3.05) is 25.6 Å². The lowest BCUT2D eigenvalue weighted by molar-refractivity contribution is -0.118. The molecular formula is C24H25ClN2O5. The van der Waals surface area contributed by atoms with Gasteiger partial charge in [-0.05, 0) is 55.8 Å². The molecule has 0 aliphatic heterocycles. The summed E-state index contributed by atoms with van der Waals surface area (Å²) in [5.41, 5.74) is 1.80. The fraction of sp³-hybridized carbons (Fsp3) is 0.250. The van der Waals surface area contributed by atoms with Gasteiger partial charge >= 0.3 is 0 Å². The topological polar surface area (TPSA) is 78.8 Å². The third kappa shape index (κ3) is 6.04. The quantitative estimate of drug-likeness (QED) is 0.521. The number of amides is 1. The van der Waals surface area contributed by atoms with E-state index < -0.39 is 0 Å². The van der Waals surface area contributed by atoms with Gasteiger partial charge in [-0.25, -0.2) is 0 Å². The van der Waals surface area contributed by atoms with E-state index in [4.69, 9.17) is 25.8 Å². The van der Waals surface area contributed by atoms with E-state index in [1.807, 2.05) is 41.8 Å². The summed E-state index contributed by atoms with van der Waals surface area (Å²) in [4.78, 5) is 24.5. The van der Waals surface area contributed by atoms with Crippen molar-refractivity contribution < 1.29 is 19.0 Å². The summed E-state index contributed by atoms with van der Waals surface area (Å²) in [6.45, 7) is 4.24. The van der Waals surface area contributed by atoms with Crippen molar-refractivity contribution in [3.05, 3.63) is 81.2 Å². The van der Waals surface area contributed by atoms with Crippen LogP contribution in [0.3, 0.4) is 0 Å². The lowest BCUT2D eigenvalue weighted by Crippen LogP contribution is -2.24. The summed E-state index contributed by atoms with van der Waals surface area (Å²) in [5, 5.41) is 3.27. The Kier molecular flexibility index (Phi) is 7.78. The Labute approximate surface area is 191 Å². The highest BCUT2D eigenvalue weighted by molar-refractivity contribution is 6.31. The van der Waals surface area contributed by atoms with Gasteiger partial charge < -0.3 is 24.1 Å². The molecule has 1 aromatic heterocycles. The van der Waals surface area contributed by atoms with Crippen molar-refractivity contribution >= 4 is 23.2 Å². The summed E-state index contributed by atoms with van der Waals surface area (Å²) < 4.78 is 18.3. The molecule has 0 spiro atoms. The number of ether oxygens (including phenoxy) is 3. The number of halogens is 1. The fourth-order valence-corrected chi connectivity index (χ4v) is 3.19. The number of anilines is 1. The minimum atomic E-state index is -0.387. The molecule has 0 unspecified atom stereocenters. The molecule has 3 rings (SSSR count). The maximum absolute atomic E-state index is 12.3. The van der Waals surface area contributed by atoms with Crippen LogP contribution < -0.4 is 25.0 Å². The molecule has 7 nitrogen and oxygen atoms in total. The molecule has 0 bridgehead atoms. The minimum Gasteiger partial charge on any atom is -0.497 e. The lowest BCUT2D eigenvalue weighted by atomic mass is 10.2. The third-order valence-corrected chi connectivity index (χ3v) is 5.26. The minimum absolute atomic E-state index is 0.133. The third-order valence-electron chi connectivity index (χ3n) is 4.85. The molecule has 0 fully saturated rings. The Hall–Kier alpha value is -3.45. The van der Waals surface area contributed by atoms with Crippen molar-refractivity contribution in [1.82, 2.24) is 4.57 Å². The van der Waals surface area contributed by atoms with Crippen LogP contribution in [0.4, 0.5) is 5.69 Å². The Bertz CT molecular complexity index is 1140. The SMILES string of the molecule is COc1ccc(OCCn2ccc(=O)c(OCC(=O)Nc3ccc(C)c(Cl)c3)c2C)cc1. The summed E-state index contributed by atoms with van der Waals surface area (Å²) >= 11 is 6.08. The first-order valence-electron chi connectivity index (χ1n) is 10.0. The van der Waals surface area contributed by atoms with E-state index in [1.54, 1.807) is 32.4 Å². The van der Waals surface area contributed by atoms with E-state index in [0.717, 1.165) is 11.3 Å². The van der Waals surface area contributed by atoms with Gasteiger partial charge in [0.05, 0.1) is 19.3 Å². The molecule has 0 aliphatic rings. The second kappa shape index (κ2) is 10.7. The zero-order valence-corrected chi connectivity index (χ0v) is 18.9. The molecular weight excluding hydrogens is 432 g/mol. The van der Waals surface area contributed by atoms with Gasteiger partial charge in [-0.2, -0.15) is 0 Å². The van der Waals surface area contributed by atoms with Crippen LogP contribution in [0.5, 0.6) is 17.2 Å². The number of aryl methyl sites for hydroxylation is 1. The molecule has 0 aliphatic carbocycles. The highest BCUT2D eigenvalue weighted by Crippen LogP contribution is 2.20. The predicted molar refractivity (Wildman–Crippen MR) is 124 cm³/mol. The highest BCUT2D eigenvalue weighted by Gasteiger charge is 2.12. The van der Waals surface area contributed by atoms with E-state index in [0.29, 0.717) is 35.3 Å². The Morgan fingerprint density at radius 1 is 1.03 bits per heavy atom. The van der Waals surface area contributed by atoms with Gasteiger partial charge in [0.2, 0.25) is 5.43 Å². The van der Waals surface area contributed by atoms with Crippen molar-refractivity contribution in [2.45, 2.75) is 20.4 Å². The molecule has 2 aromatic carbocycles. The van der Waals surface area contributed by atoms with Crippen LogP contribution >= 0.6 is 11.6 Å². The van der Waals surface area contributed by atoms with Gasteiger partial charge in [0.1, 0.15) is 18.1 Å².